The van der Waals surface area contributed by atoms with E-state index in [1.165, 1.54) is 4.90 Å². The van der Waals surface area contributed by atoms with Gasteiger partial charge in [-0.3, -0.25) is 33.7 Å². The lowest BCUT2D eigenvalue weighted by molar-refractivity contribution is -0.142. The van der Waals surface area contributed by atoms with E-state index in [1.54, 1.807) is 55.4 Å². The first-order valence-electron chi connectivity index (χ1n) is 20.2. The fourth-order valence-electron chi connectivity index (χ4n) is 7.63. The minimum Gasteiger partial charge on any atom is -0.491 e. The predicted molar refractivity (Wildman–Crippen MR) is 212 cm³/mol. The van der Waals surface area contributed by atoms with Crippen LogP contribution in [0.25, 0.3) is 0 Å². The van der Waals surface area contributed by atoms with Crippen molar-refractivity contribution in [2.75, 3.05) is 40.4 Å². The first-order valence-corrected chi connectivity index (χ1v) is 20.2. The number of nitrogens with zero attached hydrogens (tertiary/aromatic N) is 2. The van der Waals surface area contributed by atoms with Crippen molar-refractivity contribution in [1.82, 2.24) is 31.1 Å². The molecule has 0 spiro atoms. The van der Waals surface area contributed by atoms with Crippen molar-refractivity contribution in [2.45, 2.75) is 108 Å². The van der Waals surface area contributed by atoms with Crippen molar-refractivity contribution in [2.24, 2.45) is 5.92 Å². The summed E-state index contributed by atoms with van der Waals surface area (Å²) in [4.78, 5) is 82.3. The van der Waals surface area contributed by atoms with Gasteiger partial charge in [-0.25, -0.2) is 0 Å². The summed E-state index contributed by atoms with van der Waals surface area (Å²) < 4.78 is 5.50. The summed E-state index contributed by atoms with van der Waals surface area (Å²) >= 11 is 0. The molecule has 2 aromatic carbocycles. The maximum atomic E-state index is 13.8. The number of hydrogen-bond donors (Lipinski definition) is 6. The lowest BCUT2D eigenvalue weighted by Crippen LogP contribution is -2.60. The number of likely N-dealkylation sites (tertiary alicyclic amines) is 1. The van der Waals surface area contributed by atoms with Crippen molar-refractivity contribution in [3.05, 3.63) is 65.7 Å². The van der Waals surface area contributed by atoms with Gasteiger partial charge in [-0.1, -0.05) is 75.1 Å². The Labute approximate surface area is 335 Å². The number of amides is 5. The maximum Gasteiger partial charge on any atom is 0.290 e. The number of aliphatic hydroxyl groups is 2. The SMILES string of the molecule is CCC[C@H](NC(=O)[C@@H]1CCCN1C(O)[C@@H](NC(=O)CCc1cccc(OCCO)c1)C1CCCCC1)C(=O)C(=O)NCC(=O)N[C@H](C(=O)N(C)C)c1ccccc1. The zero-order valence-corrected chi connectivity index (χ0v) is 33.4. The van der Waals surface area contributed by atoms with Gasteiger partial charge in [-0.2, -0.15) is 0 Å². The Morgan fingerprint density at radius 3 is 2.32 bits per heavy atom. The first kappa shape index (κ1) is 44.8. The van der Waals surface area contributed by atoms with Crippen LogP contribution in [0, 0.1) is 5.92 Å². The molecule has 15 heteroatoms. The fraction of sp³-hybridized carbons (Fsp3) is 0.571. The van der Waals surface area contributed by atoms with Crippen LogP contribution < -0.4 is 26.0 Å². The number of benzene rings is 2. The Morgan fingerprint density at radius 2 is 1.63 bits per heavy atom. The van der Waals surface area contributed by atoms with Crippen molar-refractivity contribution in [3.8, 4) is 5.75 Å². The van der Waals surface area contributed by atoms with Crippen molar-refractivity contribution in [1.29, 1.82) is 0 Å². The molecular formula is C42H60N6O9. The zero-order chi connectivity index (χ0) is 41.3. The molecule has 1 saturated heterocycles. The van der Waals surface area contributed by atoms with E-state index in [0.29, 0.717) is 43.5 Å². The fourth-order valence-corrected chi connectivity index (χ4v) is 7.63. The summed E-state index contributed by atoms with van der Waals surface area (Å²) in [6.07, 6.45) is 5.81. The average Bonchev–Trinajstić information content (AvgIpc) is 3.73. The molecule has 4 rings (SSSR count). The van der Waals surface area contributed by atoms with Gasteiger partial charge in [-0.05, 0) is 67.7 Å². The lowest BCUT2D eigenvalue weighted by atomic mass is 9.82. The monoisotopic (exact) mass is 792 g/mol. The molecular weight excluding hydrogens is 732 g/mol. The number of rotatable bonds is 21. The van der Waals surface area contributed by atoms with Crippen LogP contribution >= 0.6 is 0 Å². The number of nitrogens with one attached hydrogen (secondary N) is 4. The van der Waals surface area contributed by atoms with E-state index in [0.717, 1.165) is 37.7 Å². The number of aryl methyl sites for hydroxylation is 1. The number of carbonyl (C=O) groups excluding carboxylic acids is 6. The highest BCUT2D eigenvalue weighted by Crippen LogP contribution is 2.31. The number of aliphatic hydroxyl groups excluding tert-OH is 2. The van der Waals surface area contributed by atoms with E-state index in [9.17, 15) is 33.9 Å². The Morgan fingerprint density at radius 1 is 0.895 bits per heavy atom. The molecule has 1 aliphatic heterocycles. The second-order valence-corrected chi connectivity index (χ2v) is 15.1. The molecule has 1 aliphatic carbocycles. The molecule has 1 unspecified atom stereocenters. The van der Waals surface area contributed by atoms with Crippen molar-refractivity contribution < 1.29 is 43.7 Å². The molecule has 6 N–H and O–H groups in total. The van der Waals surface area contributed by atoms with Gasteiger partial charge in [0, 0.05) is 27.1 Å². The molecule has 57 heavy (non-hydrogen) atoms. The normalized spacial score (nSPS) is 18.0. The summed E-state index contributed by atoms with van der Waals surface area (Å²) in [5.41, 5.74) is 1.45. The molecule has 1 saturated carbocycles. The molecule has 2 aromatic rings. The highest BCUT2D eigenvalue weighted by Gasteiger charge is 2.42. The molecule has 312 valence electrons. The molecule has 15 nitrogen and oxygen atoms in total. The molecule has 1 heterocycles. The van der Waals surface area contributed by atoms with E-state index in [4.69, 9.17) is 9.84 Å². The van der Waals surface area contributed by atoms with Gasteiger partial charge in [0.1, 0.15) is 24.6 Å². The van der Waals surface area contributed by atoms with E-state index < -0.39 is 60.4 Å². The average molecular weight is 793 g/mol. The number of ketones is 1. The van der Waals surface area contributed by atoms with Crippen LogP contribution in [0.3, 0.4) is 0 Å². The van der Waals surface area contributed by atoms with Gasteiger partial charge in [0.25, 0.3) is 5.91 Å². The van der Waals surface area contributed by atoms with Crippen LogP contribution in [-0.4, -0.2) is 120 Å². The number of ether oxygens (including phenoxy) is 1. The summed E-state index contributed by atoms with van der Waals surface area (Å²) in [5, 5.41) is 31.8. The topological polar surface area (TPSA) is 207 Å². The number of hydrogen-bond acceptors (Lipinski definition) is 10. The number of carbonyl (C=O) groups is 6. The lowest BCUT2D eigenvalue weighted by Gasteiger charge is -2.39. The van der Waals surface area contributed by atoms with Gasteiger partial charge in [0.15, 0.2) is 0 Å². The summed E-state index contributed by atoms with van der Waals surface area (Å²) in [5.74, 6) is -3.12. The molecule has 0 radical (unpaired) electrons. The Bertz CT molecular complexity index is 1650. The Hall–Kier alpha value is -4.86. The quantitative estimate of drug-likeness (QED) is 0.101. The van der Waals surface area contributed by atoms with Crippen LogP contribution in [0.2, 0.25) is 0 Å². The third kappa shape index (κ3) is 13.4. The second kappa shape index (κ2) is 22.8. The molecule has 0 aromatic heterocycles. The molecule has 0 bridgehead atoms. The van der Waals surface area contributed by atoms with Crippen molar-refractivity contribution >= 4 is 35.3 Å². The minimum atomic E-state index is -1.17. The van der Waals surface area contributed by atoms with Crippen LogP contribution in [0.15, 0.2) is 54.6 Å². The van der Waals surface area contributed by atoms with Crippen LogP contribution in [0.1, 0.15) is 88.3 Å². The maximum absolute atomic E-state index is 13.8. The summed E-state index contributed by atoms with van der Waals surface area (Å²) in [7, 11) is 3.13. The molecule has 2 fully saturated rings. The zero-order valence-electron chi connectivity index (χ0n) is 33.4. The van der Waals surface area contributed by atoms with Gasteiger partial charge in [0.05, 0.1) is 31.3 Å². The summed E-state index contributed by atoms with van der Waals surface area (Å²) in [6, 6.07) is 12.4. The third-order valence-electron chi connectivity index (χ3n) is 10.6. The Kier molecular flexibility index (Phi) is 17.9. The molecule has 5 amide bonds. The van der Waals surface area contributed by atoms with E-state index in [-0.39, 0.29) is 43.8 Å². The predicted octanol–water partition coefficient (Wildman–Crippen LogP) is 1.75. The molecule has 2 aliphatic rings. The minimum absolute atomic E-state index is 0.0107. The van der Waals surface area contributed by atoms with E-state index >= 15 is 0 Å². The summed E-state index contributed by atoms with van der Waals surface area (Å²) in [6.45, 7) is 1.72. The van der Waals surface area contributed by atoms with Crippen LogP contribution in [0.5, 0.6) is 5.75 Å². The third-order valence-corrected chi connectivity index (χ3v) is 10.6. The van der Waals surface area contributed by atoms with E-state index in [2.05, 4.69) is 21.3 Å². The Balaban J connectivity index is 1.37. The van der Waals surface area contributed by atoms with Crippen molar-refractivity contribution in [3.63, 3.8) is 0 Å². The van der Waals surface area contributed by atoms with Gasteiger partial charge in [-0.15, -0.1) is 0 Å². The van der Waals surface area contributed by atoms with E-state index in [1.807, 2.05) is 25.1 Å². The van der Waals surface area contributed by atoms with Gasteiger partial charge >= 0.3 is 0 Å². The van der Waals surface area contributed by atoms with Gasteiger partial charge < -0.3 is 41.1 Å². The van der Waals surface area contributed by atoms with Crippen LogP contribution in [-0.2, 0) is 35.2 Å². The van der Waals surface area contributed by atoms with Crippen LogP contribution in [0.4, 0.5) is 0 Å². The largest absolute Gasteiger partial charge is 0.491 e. The smallest absolute Gasteiger partial charge is 0.290 e. The number of Topliss-reactive ketones (excluding diaryl/α,β-unsaturated/α-hetero) is 1. The van der Waals surface area contributed by atoms with Gasteiger partial charge in [0.2, 0.25) is 29.4 Å². The second-order valence-electron chi connectivity index (χ2n) is 15.1. The number of likely N-dealkylation sites (N-methyl/N-ethyl adjacent to an activating group) is 1. The molecule has 5 atom stereocenters. The standard InChI is InChI=1S/C42H60N6O9/c1-4-13-32(38(52)40(54)43-27-35(51)46-36(41(55)47(2)3)29-15-7-5-8-16-29)44-39(53)33-20-12-23-48(33)42(56)37(30-17-9-6-10-18-30)45-34(50)22-21-28-14-11-19-31(26-28)57-25-24-49/h5,7-8,11,14-16,19,26,30,32-33,36-37,42,49,56H,4,6,9-10,12-13,17-18,20-25,27H2,1-3H3,(H,43,54)(H,44,53)(H,45,50)(H,46,51)/t32-,33-,36-,37-,42?/m0/s1. The highest BCUT2D eigenvalue weighted by atomic mass is 16.5. The first-order chi connectivity index (χ1) is 27.4. The highest BCUT2D eigenvalue weighted by molar-refractivity contribution is 6.38.